The van der Waals surface area contributed by atoms with Crippen LogP contribution in [-0.4, -0.2) is 46.5 Å². The van der Waals surface area contributed by atoms with Gasteiger partial charge in [0.25, 0.3) is 0 Å². The zero-order chi connectivity index (χ0) is 11.4. The summed E-state index contributed by atoms with van der Waals surface area (Å²) in [5.74, 6) is 0.504. The van der Waals surface area contributed by atoms with Gasteiger partial charge >= 0.3 is 0 Å². The van der Waals surface area contributed by atoms with E-state index in [-0.39, 0.29) is 17.7 Å². The van der Waals surface area contributed by atoms with Crippen molar-refractivity contribution in [2.75, 3.05) is 32.1 Å². The highest BCUT2D eigenvalue weighted by molar-refractivity contribution is 7.89. The van der Waals surface area contributed by atoms with Crippen molar-refractivity contribution < 1.29 is 13.2 Å². The van der Waals surface area contributed by atoms with E-state index in [9.17, 15) is 8.42 Å². The summed E-state index contributed by atoms with van der Waals surface area (Å²) in [5.41, 5.74) is 0. The van der Waals surface area contributed by atoms with Crippen LogP contribution in [-0.2, 0) is 14.8 Å². The molecule has 2 atom stereocenters. The Morgan fingerprint density at radius 1 is 1.38 bits per heavy atom. The zero-order valence-corrected chi connectivity index (χ0v) is 10.3. The quantitative estimate of drug-likeness (QED) is 0.716. The smallest absolute Gasteiger partial charge is 0.212 e. The molecular formula is C10H20N2O3S. The lowest BCUT2D eigenvalue weighted by Gasteiger charge is -2.23. The molecule has 0 saturated carbocycles. The average Bonchev–Trinajstić information content (AvgIpc) is 2.70. The van der Waals surface area contributed by atoms with E-state index >= 15 is 0 Å². The third kappa shape index (κ3) is 3.69. The van der Waals surface area contributed by atoms with Crippen LogP contribution in [0.1, 0.15) is 19.3 Å². The lowest BCUT2D eigenvalue weighted by molar-refractivity contribution is 0.192. The molecule has 0 aromatic rings. The van der Waals surface area contributed by atoms with Crippen molar-refractivity contribution in [3.05, 3.63) is 0 Å². The molecule has 2 fully saturated rings. The van der Waals surface area contributed by atoms with E-state index in [2.05, 4.69) is 10.0 Å². The maximum Gasteiger partial charge on any atom is 0.212 e. The first-order valence-electron chi connectivity index (χ1n) is 5.94. The van der Waals surface area contributed by atoms with Crippen LogP contribution in [0.4, 0.5) is 0 Å². The second kappa shape index (κ2) is 5.44. The topological polar surface area (TPSA) is 67.4 Å². The highest BCUT2D eigenvalue weighted by atomic mass is 32.2. The van der Waals surface area contributed by atoms with Crippen molar-refractivity contribution in [1.82, 2.24) is 10.0 Å². The van der Waals surface area contributed by atoms with Gasteiger partial charge in [-0.05, 0) is 38.3 Å². The summed E-state index contributed by atoms with van der Waals surface area (Å²) in [6.45, 7) is 3.02. The van der Waals surface area contributed by atoms with E-state index < -0.39 is 10.0 Å². The van der Waals surface area contributed by atoms with E-state index in [1.54, 1.807) is 0 Å². The number of hydrogen-bond acceptors (Lipinski definition) is 4. The zero-order valence-electron chi connectivity index (χ0n) is 9.44. The van der Waals surface area contributed by atoms with Crippen molar-refractivity contribution in [3.8, 4) is 0 Å². The molecule has 2 aliphatic rings. The Labute approximate surface area is 97.0 Å². The number of piperidine rings is 1. The maximum atomic E-state index is 11.9. The van der Waals surface area contributed by atoms with Crippen LogP contribution in [0.2, 0.25) is 0 Å². The van der Waals surface area contributed by atoms with Gasteiger partial charge in [-0.3, -0.25) is 0 Å². The van der Waals surface area contributed by atoms with Gasteiger partial charge < -0.3 is 10.1 Å². The predicted octanol–water partition coefficient (Wildman–Crippen LogP) is -0.306. The third-order valence-corrected chi connectivity index (χ3v) is 4.73. The van der Waals surface area contributed by atoms with Gasteiger partial charge in [-0.25, -0.2) is 13.1 Å². The summed E-state index contributed by atoms with van der Waals surface area (Å²) in [6, 6.07) is -0.0125. The molecule has 2 heterocycles. The molecule has 0 radical (unpaired) electrons. The van der Waals surface area contributed by atoms with Crippen LogP contribution in [0.3, 0.4) is 0 Å². The molecule has 16 heavy (non-hydrogen) atoms. The molecule has 0 bridgehead atoms. The summed E-state index contributed by atoms with van der Waals surface area (Å²) < 4.78 is 31.6. The van der Waals surface area contributed by atoms with Crippen molar-refractivity contribution in [2.45, 2.75) is 25.3 Å². The van der Waals surface area contributed by atoms with Crippen LogP contribution in [0.15, 0.2) is 0 Å². The molecule has 2 N–H and O–H groups in total. The Kier molecular flexibility index (Phi) is 4.18. The monoisotopic (exact) mass is 248 g/mol. The second-order valence-corrected chi connectivity index (χ2v) is 6.47. The number of nitrogens with one attached hydrogen (secondary N) is 2. The summed E-state index contributed by atoms with van der Waals surface area (Å²) >= 11 is 0. The normalized spacial score (nSPS) is 31.8. The van der Waals surface area contributed by atoms with Crippen molar-refractivity contribution in [1.29, 1.82) is 0 Å². The Bertz CT molecular complexity index is 306. The lowest BCUT2D eigenvalue weighted by atomic mass is 10.0. The Morgan fingerprint density at radius 3 is 2.88 bits per heavy atom. The Hall–Kier alpha value is -0.170. The fourth-order valence-corrected chi connectivity index (χ4v) is 4.00. The summed E-state index contributed by atoms with van der Waals surface area (Å²) in [6.07, 6.45) is 2.88. The van der Waals surface area contributed by atoms with Gasteiger partial charge in [0, 0.05) is 12.6 Å². The van der Waals surface area contributed by atoms with Gasteiger partial charge in [0.05, 0.1) is 12.4 Å². The minimum absolute atomic E-state index is 0.0125. The first-order valence-corrected chi connectivity index (χ1v) is 7.59. The molecule has 5 nitrogen and oxygen atoms in total. The highest BCUT2D eigenvalue weighted by Gasteiger charge is 2.25. The van der Waals surface area contributed by atoms with Gasteiger partial charge in [0.15, 0.2) is 0 Å². The Morgan fingerprint density at radius 2 is 2.25 bits per heavy atom. The molecule has 2 rings (SSSR count). The molecule has 0 spiro atoms. The second-order valence-electron chi connectivity index (χ2n) is 4.67. The highest BCUT2D eigenvalue weighted by Crippen LogP contribution is 2.13. The molecular weight excluding hydrogens is 228 g/mol. The number of ether oxygens (including phenoxy) is 1. The molecule has 2 aliphatic heterocycles. The van der Waals surface area contributed by atoms with E-state index in [0.717, 1.165) is 32.4 Å². The van der Waals surface area contributed by atoms with Crippen LogP contribution < -0.4 is 10.0 Å². The van der Waals surface area contributed by atoms with Crippen LogP contribution in [0.25, 0.3) is 0 Å². The van der Waals surface area contributed by atoms with Crippen molar-refractivity contribution in [2.24, 2.45) is 5.92 Å². The lowest BCUT2D eigenvalue weighted by Crippen LogP contribution is -2.41. The molecule has 6 heteroatoms. The predicted molar refractivity (Wildman–Crippen MR) is 61.7 cm³/mol. The summed E-state index contributed by atoms with van der Waals surface area (Å²) in [7, 11) is -3.13. The van der Waals surface area contributed by atoms with Gasteiger partial charge in [0.2, 0.25) is 10.0 Å². The molecule has 0 amide bonds. The standard InChI is InChI=1S/C10H20N2O3S/c13-16(14,12-10-3-5-15-7-10)8-9-2-1-4-11-6-9/h9-12H,1-8H2. The SMILES string of the molecule is O=S(=O)(CC1CCCNC1)NC1CCOC1. The van der Waals surface area contributed by atoms with Crippen molar-refractivity contribution in [3.63, 3.8) is 0 Å². The first kappa shape index (κ1) is 12.3. The minimum Gasteiger partial charge on any atom is -0.380 e. The number of rotatable bonds is 4. The molecule has 94 valence electrons. The fraction of sp³-hybridized carbons (Fsp3) is 1.00. The number of sulfonamides is 1. The van der Waals surface area contributed by atoms with E-state index in [0.29, 0.717) is 13.2 Å². The maximum absolute atomic E-state index is 11.9. The molecule has 0 aliphatic carbocycles. The Balaban J connectivity index is 1.81. The molecule has 0 aromatic heterocycles. The van der Waals surface area contributed by atoms with Crippen LogP contribution in [0.5, 0.6) is 0 Å². The van der Waals surface area contributed by atoms with Gasteiger partial charge in [-0.1, -0.05) is 0 Å². The molecule has 2 unspecified atom stereocenters. The van der Waals surface area contributed by atoms with Crippen LogP contribution >= 0.6 is 0 Å². The van der Waals surface area contributed by atoms with E-state index in [4.69, 9.17) is 4.74 Å². The fourth-order valence-electron chi connectivity index (χ4n) is 2.31. The average molecular weight is 248 g/mol. The molecule has 0 aromatic carbocycles. The van der Waals surface area contributed by atoms with Gasteiger partial charge in [-0.2, -0.15) is 0 Å². The first-order chi connectivity index (χ1) is 7.66. The van der Waals surface area contributed by atoms with Gasteiger partial charge in [0.1, 0.15) is 0 Å². The minimum atomic E-state index is -3.13. The van der Waals surface area contributed by atoms with Gasteiger partial charge in [-0.15, -0.1) is 0 Å². The largest absolute Gasteiger partial charge is 0.380 e. The van der Waals surface area contributed by atoms with E-state index in [1.165, 1.54) is 0 Å². The molecule has 2 saturated heterocycles. The van der Waals surface area contributed by atoms with E-state index in [1.807, 2.05) is 0 Å². The third-order valence-electron chi connectivity index (χ3n) is 3.13. The van der Waals surface area contributed by atoms with Crippen LogP contribution in [0, 0.1) is 5.92 Å². The number of hydrogen-bond donors (Lipinski definition) is 2. The summed E-state index contributed by atoms with van der Waals surface area (Å²) in [5, 5.41) is 3.23. The van der Waals surface area contributed by atoms with Crippen molar-refractivity contribution >= 4 is 10.0 Å². The summed E-state index contributed by atoms with van der Waals surface area (Å²) in [4.78, 5) is 0.